The topological polar surface area (TPSA) is 33.3 Å². The second-order valence-electron chi connectivity index (χ2n) is 0.785. The van der Waals surface area contributed by atoms with Crippen LogP contribution in [-0.4, -0.2) is 13.7 Å². The van der Waals surface area contributed by atoms with Crippen LogP contribution in [0.2, 0.25) is 0 Å². The molecule has 4 heteroatoms. The zero-order valence-corrected chi connectivity index (χ0v) is 6.24. The van der Waals surface area contributed by atoms with Crippen LogP contribution < -0.4 is 11.0 Å². The van der Waals surface area contributed by atoms with Gasteiger partial charge in [0, 0.05) is 7.05 Å². The fourth-order valence-corrected chi connectivity index (χ4v) is 0.144. The lowest BCUT2D eigenvalue weighted by Gasteiger charge is -1.96. The lowest BCUT2D eigenvalue weighted by molar-refractivity contribution is 0.0254. The van der Waals surface area contributed by atoms with E-state index in [2.05, 4.69) is 15.9 Å². The van der Waals surface area contributed by atoms with Crippen molar-refractivity contribution in [1.82, 2.24) is 11.0 Å². The van der Waals surface area contributed by atoms with Gasteiger partial charge in [-0.2, -0.15) is 0 Å². The van der Waals surface area contributed by atoms with Gasteiger partial charge in [-0.25, -0.2) is 5.43 Å². The Morgan fingerprint density at radius 1 is 1.57 bits per heavy atom. The SMILES string of the molecule is Br.CCONNC. The van der Waals surface area contributed by atoms with Crippen LogP contribution in [0.3, 0.4) is 0 Å². The molecule has 2 N–H and O–H groups in total. The maximum atomic E-state index is 4.62. The van der Waals surface area contributed by atoms with Gasteiger partial charge in [-0.15, -0.1) is 22.6 Å². The highest BCUT2D eigenvalue weighted by atomic mass is 79.9. The Hall–Kier alpha value is 0.360. The van der Waals surface area contributed by atoms with Crippen LogP contribution in [0.1, 0.15) is 6.92 Å². The molecule has 0 spiro atoms. The molecule has 0 aliphatic carbocycles. The third-order valence-electron chi connectivity index (χ3n) is 0.319. The zero-order chi connectivity index (χ0) is 4.83. The van der Waals surface area contributed by atoms with Crippen LogP contribution in [0, 0.1) is 0 Å². The maximum Gasteiger partial charge on any atom is 0.0670 e. The van der Waals surface area contributed by atoms with Crippen molar-refractivity contribution in [2.45, 2.75) is 6.92 Å². The smallest absolute Gasteiger partial charge is 0.0670 e. The highest BCUT2D eigenvalue weighted by Crippen LogP contribution is 1.53. The molecule has 0 aromatic heterocycles. The maximum absolute atomic E-state index is 4.62. The molecule has 0 amide bonds. The summed E-state index contributed by atoms with van der Waals surface area (Å²) < 4.78 is 0. The molecular formula is C3H11BrN2O. The van der Waals surface area contributed by atoms with Gasteiger partial charge >= 0.3 is 0 Å². The second kappa shape index (κ2) is 9.61. The van der Waals surface area contributed by atoms with Crippen molar-refractivity contribution in [1.29, 1.82) is 0 Å². The van der Waals surface area contributed by atoms with Gasteiger partial charge in [0.1, 0.15) is 0 Å². The van der Waals surface area contributed by atoms with Gasteiger partial charge in [0.15, 0.2) is 0 Å². The van der Waals surface area contributed by atoms with Crippen molar-refractivity contribution in [3.63, 3.8) is 0 Å². The van der Waals surface area contributed by atoms with Crippen LogP contribution in [-0.2, 0) is 4.84 Å². The fraction of sp³-hybridized carbons (Fsp3) is 1.00. The third kappa shape index (κ3) is 10.7. The first kappa shape index (κ1) is 10.4. The summed E-state index contributed by atoms with van der Waals surface area (Å²) in [4.78, 5) is 4.62. The molecule has 0 unspecified atom stereocenters. The van der Waals surface area contributed by atoms with Crippen LogP contribution >= 0.6 is 17.0 Å². The summed E-state index contributed by atoms with van der Waals surface area (Å²) >= 11 is 0. The Balaban J connectivity index is 0. The standard InChI is InChI=1S/C3H10N2O.BrH/c1-3-6-5-4-2;/h4-5H,3H2,1-2H3;1H. The first-order chi connectivity index (χ1) is 2.91. The number of nitrogens with one attached hydrogen (secondary N) is 2. The van der Waals surface area contributed by atoms with E-state index in [1.54, 1.807) is 7.05 Å². The largest absolute Gasteiger partial charge is 0.287 e. The molecular weight excluding hydrogens is 160 g/mol. The fourth-order valence-electron chi connectivity index (χ4n) is 0.144. The highest BCUT2D eigenvalue weighted by molar-refractivity contribution is 8.93. The molecule has 46 valence electrons. The molecule has 0 bridgehead atoms. The summed E-state index contributed by atoms with van der Waals surface area (Å²) in [6.07, 6.45) is 0. The molecule has 0 radical (unpaired) electrons. The van der Waals surface area contributed by atoms with E-state index in [9.17, 15) is 0 Å². The van der Waals surface area contributed by atoms with E-state index in [1.807, 2.05) is 6.92 Å². The molecule has 0 fully saturated rings. The minimum Gasteiger partial charge on any atom is -0.287 e. The molecule has 0 aliphatic heterocycles. The van der Waals surface area contributed by atoms with Crippen LogP contribution in [0.5, 0.6) is 0 Å². The quantitative estimate of drug-likeness (QED) is 0.471. The van der Waals surface area contributed by atoms with Crippen molar-refractivity contribution < 1.29 is 4.84 Å². The Kier molecular flexibility index (Phi) is 14.2. The minimum absolute atomic E-state index is 0. The summed E-state index contributed by atoms with van der Waals surface area (Å²) in [7, 11) is 1.75. The van der Waals surface area contributed by atoms with Crippen molar-refractivity contribution in [2.24, 2.45) is 0 Å². The van der Waals surface area contributed by atoms with E-state index < -0.39 is 0 Å². The summed E-state index contributed by atoms with van der Waals surface area (Å²) in [5.41, 5.74) is 5.04. The van der Waals surface area contributed by atoms with E-state index in [-0.39, 0.29) is 17.0 Å². The summed E-state index contributed by atoms with van der Waals surface area (Å²) in [5, 5.41) is 0. The zero-order valence-electron chi connectivity index (χ0n) is 4.52. The molecule has 0 heterocycles. The minimum atomic E-state index is 0. The van der Waals surface area contributed by atoms with Gasteiger partial charge in [0.25, 0.3) is 0 Å². The van der Waals surface area contributed by atoms with E-state index >= 15 is 0 Å². The average Bonchev–Trinajstić information content (AvgIpc) is 1.61. The molecule has 0 saturated heterocycles. The Morgan fingerprint density at radius 2 is 2.14 bits per heavy atom. The van der Waals surface area contributed by atoms with Gasteiger partial charge in [0.2, 0.25) is 0 Å². The molecule has 0 atom stereocenters. The van der Waals surface area contributed by atoms with Crippen molar-refractivity contribution in [2.75, 3.05) is 13.7 Å². The van der Waals surface area contributed by atoms with Crippen molar-refractivity contribution in [3.8, 4) is 0 Å². The lowest BCUT2D eigenvalue weighted by Crippen LogP contribution is -2.27. The number of rotatable bonds is 3. The predicted molar refractivity (Wildman–Crippen MR) is 34.1 cm³/mol. The van der Waals surface area contributed by atoms with Crippen LogP contribution in [0.15, 0.2) is 0 Å². The lowest BCUT2D eigenvalue weighted by atomic mass is 10.9. The summed E-state index contributed by atoms with van der Waals surface area (Å²) in [6, 6.07) is 0. The first-order valence-corrected chi connectivity index (χ1v) is 1.95. The van der Waals surface area contributed by atoms with Gasteiger partial charge in [-0.05, 0) is 6.92 Å². The number of hydrogen-bond donors (Lipinski definition) is 2. The third-order valence-corrected chi connectivity index (χ3v) is 0.319. The monoisotopic (exact) mass is 170 g/mol. The predicted octanol–water partition coefficient (Wildman–Crippen LogP) is 0.240. The van der Waals surface area contributed by atoms with E-state index in [1.165, 1.54) is 0 Å². The van der Waals surface area contributed by atoms with Gasteiger partial charge in [-0.1, -0.05) is 0 Å². The highest BCUT2D eigenvalue weighted by Gasteiger charge is 1.67. The Bertz CT molecular complexity index is 24.9. The Morgan fingerprint density at radius 3 is 2.29 bits per heavy atom. The molecule has 0 aromatic carbocycles. The van der Waals surface area contributed by atoms with Crippen LogP contribution in [0.4, 0.5) is 0 Å². The normalized spacial score (nSPS) is 7.71. The first-order valence-electron chi connectivity index (χ1n) is 1.95. The van der Waals surface area contributed by atoms with E-state index in [0.29, 0.717) is 6.61 Å². The van der Waals surface area contributed by atoms with Crippen LogP contribution in [0.25, 0.3) is 0 Å². The molecule has 3 nitrogen and oxygen atoms in total. The number of hydrazine groups is 1. The molecule has 0 rings (SSSR count). The van der Waals surface area contributed by atoms with Gasteiger partial charge in [0.05, 0.1) is 6.61 Å². The molecule has 0 aromatic rings. The second-order valence-corrected chi connectivity index (χ2v) is 0.785. The average molecular weight is 171 g/mol. The van der Waals surface area contributed by atoms with E-state index in [4.69, 9.17) is 0 Å². The summed E-state index contributed by atoms with van der Waals surface area (Å²) in [5.74, 6) is 0. The van der Waals surface area contributed by atoms with E-state index in [0.717, 1.165) is 0 Å². The van der Waals surface area contributed by atoms with Gasteiger partial charge in [-0.3, -0.25) is 4.84 Å². The molecule has 0 saturated carbocycles. The number of halogens is 1. The summed E-state index contributed by atoms with van der Waals surface area (Å²) in [6.45, 7) is 2.59. The van der Waals surface area contributed by atoms with Gasteiger partial charge < -0.3 is 0 Å². The molecule has 0 aliphatic rings. The molecule has 7 heavy (non-hydrogen) atoms. The Labute approximate surface area is 54.1 Å². The van der Waals surface area contributed by atoms with Crippen molar-refractivity contribution >= 4 is 17.0 Å². The number of hydrogen-bond acceptors (Lipinski definition) is 3. The van der Waals surface area contributed by atoms with Crippen molar-refractivity contribution in [3.05, 3.63) is 0 Å².